The van der Waals surface area contributed by atoms with Gasteiger partial charge in [0.15, 0.2) is 5.78 Å². The SMILES string of the molecule is CC(=O)c1cccc(NC(=O)c2cccc(N3C(=O)[C@H]4CC=C(C)C[C@H]4C3=O)c2)c1. The molecule has 0 unspecified atom stereocenters. The van der Waals surface area contributed by atoms with Crippen LogP contribution in [-0.2, 0) is 9.59 Å². The van der Waals surface area contributed by atoms with Gasteiger partial charge >= 0.3 is 0 Å². The van der Waals surface area contributed by atoms with Crippen LogP contribution >= 0.6 is 0 Å². The average Bonchev–Trinajstić information content (AvgIpc) is 2.98. The lowest BCUT2D eigenvalue weighted by atomic mass is 9.82. The van der Waals surface area contributed by atoms with Gasteiger partial charge in [-0.15, -0.1) is 0 Å². The van der Waals surface area contributed by atoms with Crippen LogP contribution in [0, 0.1) is 11.8 Å². The van der Waals surface area contributed by atoms with Crippen molar-refractivity contribution in [2.45, 2.75) is 26.7 Å². The second-order valence-corrected chi connectivity index (χ2v) is 7.86. The Labute approximate surface area is 174 Å². The zero-order valence-corrected chi connectivity index (χ0v) is 16.8. The van der Waals surface area contributed by atoms with E-state index in [0.29, 0.717) is 35.3 Å². The molecular weight excluding hydrogens is 380 g/mol. The number of amides is 3. The fourth-order valence-electron chi connectivity index (χ4n) is 4.10. The number of carbonyl (C=O) groups is 4. The van der Waals surface area contributed by atoms with Crippen molar-refractivity contribution in [3.8, 4) is 0 Å². The van der Waals surface area contributed by atoms with Gasteiger partial charge in [0.05, 0.1) is 17.5 Å². The van der Waals surface area contributed by atoms with Crippen molar-refractivity contribution in [3.05, 3.63) is 71.3 Å². The number of nitrogens with one attached hydrogen (secondary N) is 1. The molecule has 152 valence electrons. The van der Waals surface area contributed by atoms with E-state index in [0.717, 1.165) is 5.57 Å². The van der Waals surface area contributed by atoms with Crippen molar-refractivity contribution >= 4 is 34.9 Å². The molecule has 6 heteroatoms. The molecule has 1 N–H and O–H groups in total. The largest absolute Gasteiger partial charge is 0.322 e. The highest BCUT2D eigenvalue weighted by Crippen LogP contribution is 2.39. The van der Waals surface area contributed by atoms with Gasteiger partial charge in [-0.25, -0.2) is 0 Å². The zero-order chi connectivity index (χ0) is 21.4. The number of hydrogen-bond acceptors (Lipinski definition) is 4. The third-order valence-electron chi connectivity index (χ3n) is 5.72. The topological polar surface area (TPSA) is 83.6 Å². The number of Topliss-reactive ketones (excluding diaryl/α,β-unsaturated/α-hetero) is 1. The van der Waals surface area contributed by atoms with Crippen LogP contribution in [0.15, 0.2) is 60.2 Å². The molecule has 2 aliphatic rings. The summed E-state index contributed by atoms with van der Waals surface area (Å²) < 4.78 is 0. The third-order valence-corrected chi connectivity index (χ3v) is 5.72. The third kappa shape index (κ3) is 3.56. The molecule has 2 aromatic carbocycles. The fraction of sp³-hybridized carbons (Fsp3) is 0.250. The first kappa shape index (κ1) is 19.8. The lowest BCUT2D eigenvalue weighted by Gasteiger charge is -2.18. The first-order valence-corrected chi connectivity index (χ1v) is 9.91. The molecular formula is C24H22N2O4. The number of nitrogens with zero attached hydrogens (tertiary/aromatic N) is 1. The lowest BCUT2D eigenvalue weighted by Crippen LogP contribution is -2.31. The summed E-state index contributed by atoms with van der Waals surface area (Å²) in [6.07, 6.45) is 3.19. The lowest BCUT2D eigenvalue weighted by molar-refractivity contribution is -0.122. The van der Waals surface area contributed by atoms with E-state index in [4.69, 9.17) is 0 Å². The van der Waals surface area contributed by atoms with E-state index in [9.17, 15) is 19.2 Å². The standard InChI is InChI=1S/C24H22N2O4/c1-14-9-10-20-21(11-14)24(30)26(23(20)29)19-8-4-6-17(13-19)22(28)25-18-7-3-5-16(12-18)15(2)27/h3-9,12-13,20-21H,10-11H2,1-2H3,(H,25,28)/t20-,21+/m0/s1. The van der Waals surface area contributed by atoms with Crippen molar-refractivity contribution in [3.63, 3.8) is 0 Å². The van der Waals surface area contributed by atoms with Gasteiger partial charge in [0, 0.05) is 16.8 Å². The van der Waals surface area contributed by atoms with E-state index in [1.807, 2.05) is 13.0 Å². The van der Waals surface area contributed by atoms with Crippen LogP contribution in [-0.4, -0.2) is 23.5 Å². The van der Waals surface area contributed by atoms with Crippen LogP contribution in [0.3, 0.4) is 0 Å². The molecule has 0 bridgehead atoms. The van der Waals surface area contributed by atoms with Crippen molar-refractivity contribution < 1.29 is 19.2 Å². The Morgan fingerprint density at radius 3 is 2.43 bits per heavy atom. The Morgan fingerprint density at radius 1 is 0.967 bits per heavy atom. The number of benzene rings is 2. The number of ketones is 1. The molecule has 6 nitrogen and oxygen atoms in total. The van der Waals surface area contributed by atoms with Crippen LogP contribution in [0.1, 0.15) is 47.4 Å². The summed E-state index contributed by atoms with van der Waals surface area (Å²) >= 11 is 0. The number of fused-ring (bicyclic) bond motifs is 1. The molecule has 0 aromatic heterocycles. The van der Waals surface area contributed by atoms with E-state index >= 15 is 0 Å². The molecule has 0 spiro atoms. The second kappa shape index (κ2) is 7.71. The Morgan fingerprint density at radius 2 is 1.67 bits per heavy atom. The second-order valence-electron chi connectivity index (χ2n) is 7.86. The highest BCUT2D eigenvalue weighted by molar-refractivity contribution is 6.22. The van der Waals surface area contributed by atoms with Crippen molar-refractivity contribution in [1.29, 1.82) is 0 Å². The number of anilines is 2. The van der Waals surface area contributed by atoms with Crippen LogP contribution in [0.5, 0.6) is 0 Å². The summed E-state index contributed by atoms with van der Waals surface area (Å²) in [5.74, 6) is -1.54. The highest BCUT2D eigenvalue weighted by atomic mass is 16.2. The molecule has 1 heterocycles. The molecule has 30 heavy (non-hydrogen) atoms. The summed E-state index contributed by atoms with van der Waals surface area (Å²) in [4.78, 5) is 51.3. The van der Waals surface area contributed by atoms with E-state index in [-0.39, 0.29) is 35.3 Å². The minimum Gasteiger partial charge on any atom is -0.322 e. The van der Waals surface area contributed by atoms with E-state index in [1.165, 1.54) is 11.8 Å². The molecule has 0 saturated carbocycles. The number of rotatable bonds is 4. The number of allylic oxidation sites excluding steroid dienone is 2. The number of imide groups is 1. The Balaban J connectivity index is 1.57. The zero-order valence-electron chi connectivity index (χ0n) is 16.8. The van der Waals surface area contributed by atoms with Crippen LogP contribution in [0.2, 0.25) is 0 Å². The summed E-state index contributed by atoms with van der Waals surface area (Å²) in [6.45, 7) is 3.44. The molecule has 1 saturated heterocycles. The van der Waals surface area contributed by atoms with Gasteiger partial charge in [0.25, 0.3) is 5.91 Å². The van der Waals surface area contributed by atoms with Crippen molar-refractivity contribution in [1.82, 2.24) is 0 Å². The normalized spacial score (nSPS) is 20.6. The van der Waals surface area contributed by atoms with Gasteiger partial charge in [-0.1, -0.05) is 29.8 Å². The minimum absolute atomic E-state index is 0.0923. The van der Waals surface area contributed by atoms with Gasteiger partial charge in [-0.3, -0.25) is 24.1 Å². The number of hydrogen-bond donors (Lipinski definition) is 1. The maximum Gasteiger partial charge on any atom is 0.255 e. The summed E-state index contributed by atoms with van der Waals surface area (Å²) in [6, 6.07) is 13.2. The Kier molecular flexibility index (Phi) is 5.08. The average molecular weight is 402 g/mol. The van der Waals surface area contributed by atoms with Crippen molar-refractivity contribution in [2.75, 3.05) is 10.2 Å². The molecule has 2 atom stereocenters. The highest BCUT2D eigenvalue weighted by Gasteiger charge is 2.48. The first-order valence-electron chi connectivity index (χ1n) is 9.91. The molecule has 1 aliphatic carbocycles. The van der Waals surface area contributed by atoms with E-state index in [2.05, 4.69) is 5.32 Å². The maximum absolute atomic E-state index is 12.9. The van der Waals surface area contributed by atoms with Gasteiger partial charge in [0.1, 0.15) is 0 Å². The molecule has 2 aromatic rings. The van der Waals surface area contributed by atoms with Gasteiger partial charge in [-0.2, -0.15) is 0 Å². The first-order chi connectivity index (χ1) is 14.3. The summed E-state index contributed by atoms with van der Waals surface area (Å²) in [5.41, 5.74) is 2.85. The van der Waals surface area contributed by atoms with Crippen molar-refractivity contribution in [2.24, 2.45) is 11.8 Å². The quantitative estimate of drug-likeness (QED) is 0.476. The van der Waals surface area contributed by atoms with E-state index in [1.54, 1.807) is 48.5 Å². The fourth-order valence-corrected chi connectivity index (χ4v) is 4.10. The van der Waals surface area contributed by atoms with Crippen LogP contribution < -0.4 is 10.2 Å². The molecule has 4 rings (SSSR count). The molecule has 1 fully saturated rings. The smallest absolute Gasteiger partial charge is 0.255 e. The predicted octanol–water partition coefficient (Wildman–Crippen LogP) is 3.99. The number of carbonyl (C=O) groups excluding carboxylic acids is 4. The summed E-state index contributed by atoms with van der Waals surface area (Å²) in [7, 11) is 0. The minimum atomic E-state index is -0.383. The maximum atomic E-state index is 12.9. The summed E-state index contributed by atoms with van der Waals surface area (Å²) in [5, 5.41) is 2.76. The van der Waals surface area contributed by atoms with Gasteiger partial charge < -0.3 is 5.32 Å². The van der Waals surface area contributed by atoms with Crippen LogP contribution in [0.4, 0.5) is 11.4 Å². The van der Waals surface area contributed by atoms with Crippen LogP contribution in [0.25, 0.3) is 0 Å². The Hall–Kier alpha value is -3.54. The van der Waals surface area contributed by atoms with Gasteiger partial charge in [0.2, 0.25) is 11.8 Å². The molecule has 0 radical (unpaired) electrons. The molecule has 3 amide bonds. The Bertz CT molecular complexity index is 1100. The predicted molar refractivity (Wildman–Crippen MR) is 113 cm³/mol. The van der Waals surface area contributed by atoms with E-state index < -0.39 is 0 Å². The monoisotopic (exact) mass is 402 g/mol. The van der Waals surface area contributed by atoms with Gasteiger partial charge in [-0.05, 0) is 57.0 Å². The molecule has 1 aliphatic heterocycles.